The Hall–Kier alpha value is -0.410. The van der Waals surface area contributed by atoms with Gasteiger partial charge in [0.05, 0.1) is 18.2 Å². The quantitative estimate of drug-likeness (QED) is 0.552. The molecular weight excluding hydrogens is 230 g/mol. The highest BCUT2D eigenvalue weighted by Crippen LogP contribution is 2.15. The van der Waals surface area contributed by atoms with E-state index < -0.39 is 0 Å². The molecule has 0 aromatic rings. The van der Waals surface area contributed by atoms with Crippen molar-refractivity contribution < 1.29 is 4.74 Å². The van der Waals surface area contributed by atoms with Crippen LogP contribution in [0.3, 0.4) is 0 Å². The summed E-state index contributed by atoms with van der Waals surface area (Å²) in [5, 5.41) is 0. The normalized spacial score (nSPS) is 17.7. The van der Waals surface area contributed by atoms with Gasteiger partial charge in [0, 0.05) is 19.5 Å². The summed E-state index contributed by atoms with van der Waals surface area (Å²) in [6, 6.07) is 0. The monoisotopic (exact) mass is 255 g/mol. The molecule has 1 unspecified atom stereocenters. The number of rotatable bonds is 5. The third kappa shape index (κ3) is 6.18. The molecule has 17 heavy (non-hydrogen) atoms. The van der Waals surface area contributed by atoms with Gasteiger partial charge in [0.2, 0.25) is 0 Å². The maximum Gasteiger partial charge on any atom is 0.0783 e. The fourth-order valence-electron chi connectivity index (χ4n) is 2.00. The van der Waals surface area contributed by atoms with E-state index in [1.807, 2.05) is 0 Å². The molecule has 0 aromatic carbocycles. The minimum Gasteiger partial charge on any atom is -0.378 e. The standard InChI is InChI=1S/C14H25NOS/c1-12(2)5-4-6-13(3)11-14(17)15-7-9-16-10-8-15/h5,13H,4,6-11H2,1-3H3. The zero-order chi connectivity index (χ0) is 12.7. The maximum atomic E-state index is 5.51. The van der Waals surface area contributed by atoms with Crippen LogP contribution in [0, 0.1) is 5.92 Å². The molecule has 1 atom stereocenters. The van der Waals surface area contributed by atoms with Crippen molar-refractivity contribution in [1.82, 2.24) is 4.90 Å². The van der Waals surface area contributed by atoms with Crippen LogP contribution in [-0.2, 0) is 4.74 Å². The molecule has 0 radical (unpaired) electrons. The molecule has 1 rings (SSSR count). The number of thiocarbonyl (C=S) groups is 1. The Morgan fingerprint density at radius 2 is 2.00 bits per heavy atom. The van der Waals surface area contributed by atoms with Crippen molar-refractivity contribution >= 4 is 17.2 Å². The summed E-state index contributed by atoms with van der Waals surface area (Å²) in [7, 11) is 0. The summed E-state index contributed by atoms with van der Waals surface area (Å²) in [6.07, 6.45) is 5.77. The van der Waals surface area contributed by atoms with Gasteiger partial charge in [0.1, 0.15) is 0 Å². The van der Waals surface area contributed by atoms with Crippen molar-refractivity contribution in [2.24, 2.45) is 5.92 Å². The van der Waals surface area contributed by atoms with Gasteiger partial charge in [-0.2, -0.15) is 0 Å². The van der Waals surface area contributed by atoms with E-state index in [9.17, 15) is 0 Å². The largest absolute Gasteiger partial charge is 0.378 e. The number of nitrogens with zero attached hydrogens (tertiary/aromatic N) is 1. The van der Waals surface area contributed by atoms with Gasteiger partial charge in [0.25, 0.3) is 0 Å². The van der Waals surface area contributed by atoms with Crippen LogP contribution >= 0.6 is 12.2 Å². The lowest BCUT2D eigenvalue weighted by Crippen LogP contribution is -2.40. The summed E-state index contributed by atoms with van der Waals surface area (Å²) in [6.45, 7) is 10.2. The van der Waals surface area contributed by atoms with Gasteiger partial charge < -0.3 is 9.64 Å². The molecule has 0 bridgehead atoms. The first-order valence-electron chi connectivity index (χ1n) is 6.58. The number of allylic oxidation sites excluding steroid dienone is 2. The van der Waals surface area contributed by atoms with Crippen LogP contribution in [0.5, 0.6) is 0 Å². The van der Waals surface area contributed by atoms with Crippen molar-refractivity contribution in [3.05, 3.63) is 11.6 Å². The number of hydrogen-bond donors (Lipinski definition) is 0. The summed E-state index contributed by atoms with van der Waals surface area (Å²) in [4.78, 5) is 3.42. The zero-order valence-corrected chi connectivity index (χ0v) is 12.2. The Balaban J connectivity index is 2.22. The Kier molecular flexibility index (Phi) is 6.75. The van der Waals surface area contributed by atoms with Gasteiger partial charge >= 0.3 is 0 Å². The lowest BCUT2D eigenvalue weighted by molar-refractivity contribution is 0.0679. The van der Waals surface area contributed by atoms with Gasteiger partial charge in [-0.15, -0.1) is 0 Å². The molecule has 0 spiro atoms. The fourth-order valence-corrected chi connectivity index (χ4v) is 2.47. The second kappa shape index (κ2) is 7.83. The van der Waals surface area contributed by atoms with Gasteiger partial charge in [-0.3, -0.25) is 0 Å². The molecule has 1 saturated heterocycles. The molecule has 0 aromatic heterocycles. The average molecular weight is 255 g/mol. The van der Waals surface area contributed by atoms with Crippen LogP contribution in [0.15, 0.2) is 11.6 Å². The molecule has 0 N–H and O–H groups in total. The van der Waals surface area contributed by atoms with Crippen LogP contribution in [-0.4, -0.2) is 36.2 Å². The Bertz CT molecular complexity index is 265. The Morgan fingerprint density at radius 3 is 2.59 bits per heavy atom. The first kappa shape index (κ1) is 14.7. The topological polar surface area (TPSA) is 12.5 Å². The van der Waals surface area contributed by atoms with Crippen LogP contribution in [0.25, 0.3) is 0 Å². The highest BCUT2D eigenvalue weighted by Gasteiger charge is 2.15. The van der Waals surface area contributed by atoms with E-state index in [4.69, 9.17) is 17.0 Å². The van der Waals surface area contributed by atoms with E-state index in [1.54, 1.807) is 0 Å². The molecule has 1 aliphatic heterocycles. The lowest BCUT2D eigenvalue weighted by Gasteiger charge is -2.30. The SMILES string of the molecule is CC(C)=CCCC(C)CC(=S)N1CCOCC1. The van der Waals surface area contributed by atoms with Crippen LogP contribution < -0.4 is 0 Å². The first-order valence-corrected chi connectivity index (χ1v) is 6.99. The second-order valence-electron chi connectivity index (χ2n) is 5.16. The minimum absolute atomic E-state index is 0.681. The predicted molar refractivity (Wildman–Crippen MR) is 77.4 cm³/mol. The van der Waals surface area contributed by atoms with E-state index in [-0.39, 0.29) is 0 Å². The lowest BCUT2D eigenvalue weighted by atomic mass is 10.0. The van der Waals surface area contributed by atoms with Gasteiger partial charge in [0.15, 0.2) is 0 Å². The number of hydrogen-bond acceptors (Lipinski definition) is 2. The van der Waals surface area contributed by atoms with Crippen molar-refractivity contribution in [3.63, 3.8) is 0 Å². The third-order valence-corrected chi connectivity index (χ3v) is 3.52. The maximum absolute atomic E-state index is 5.51. The molecule has 98 valence electrons. The van der Waals surface area contributed by atoms with E-state index in [0.717, 1.165) is 37.7 Å². The minimum atomic E-state index is 0.681. The van der Waals surface area contributed by atoms with Crippen LogP contribution in [0.1, 0.15) is 40.0 Å². The van der Waals surface area contributed by atoms with Crippen molar-refractivity contribution in [2.45, 2.75) is 40.0 Å². The summed E-state index contributed by atoms with van der Waals surface area (Å²) in [5.74, 6) is 0.681. The summed E-state index contributed by atoms with van der Waals surface area (Å²) in [5.41, 5.74) is 1.41. The summed E-state index contributed by atoms with van der Waals surface area (Å²) < 4.78 is 5.34. The number of ether oxygens (including phenoxy) is 1. The molecule has 1 aliphatic rings. The van der Waals surface area contributed by atoms with Gasteiger partial charge in [-0.25, -0.2) is 0 Å². The summed E-state index contributed by atoms with van der Waals surface area (Å²) >= 11 is 5.51. The van der Waals surface area contributed by atoms with E-state index in [0.29, 0.717) is 5.92 Å². The van der Waals surface area contributed by atoms with Crippen molar-refractivity contribution in [1.29, 1.82) is 0 Å². The molecule has 2 nitrogen and oxygen atoms in total. The Morgan fingerprint density at radius 1 is 1.35 bits per heavy atom. The predicted octanol–water partition coefficient (Wildman–Crippen LogP) is 3.42. The first-order chi connectivity index (χ1) is 8.09. The van der Waals surface area contributed by atoms with Crippen LogP contribution in [0.2, 0.25) is 0 Å². The van der Waals surface area contributed by atoms with Gasteiger partial charge in [-0.05, 0) is 32.6 Å². The van der Waals surface area contributed by atoms with E-state index in [1.165, 1.54) is 18.4 Å². The highest BCUT2D eigenvalue weighted by atomic mass is 32.1. The third-order valence-electron chi connectivity index (χ3n) is 3.10. The number of morpholine rings is 1. The van der Waals surface area contributed by atoms with Gasteiger partial charge in [-0.1, -0.05) is 30.8 Å². The molecule has 0 aliphatic carbocycles. The van der Waals surface area contributed by atoms with Crippen molar-refractivity contribution in [3.8, 4) is 0 Å². The molecule has 1 fully saturated rings. The van der Waals surface area contributed by atoms with Crippen molar-refractivity contribution in [2.75, 3.05) is 26.3 Å². The molecule has 0 saturated carbocycles. The highest BCUT2D eigenvalue weighted by molar-refractivity contribution is 7.80. The van der Waals surface area contributed by atoms with Crippen LogP contribution in [0.4, 0.5) is 0 Å². The zero-order valence-electron chi connectivity index (χ0n) is 11.4. The van der Waals surface area contributed by atoms with E-state index >= 15 is 0 Å². The average Bonchev–Trinajstić information content (AvgIpc) is 2.29. The Labute approximate surface area is 111 Å². The van der Waals surface area contributed by atoms with E-state index in [2.05, 4.69) is 31.7 Å². The molecule has 3 heteroatoms. The molecule has 0 amide bonds. The fraction of sp³-hybridized carbons (Fsp3) is 0.786. The smallest absolute Gasteiger partial charge is 0.0783 e. The molecule has 1 heterocycles. The second-order valence-corrected chi connectivity index (χ2v) is 5.63. The molecular formula is C14H25NOS.